The van der Waals surface area contributed by atoms with E-state index in [2.05, 4.69) is 4.98 Å². The van der Waals surface area contributed by atoms with E-state index in [0.29, 0.717) is 10.8 Å². The van der Waals surface area contributed by atoms with Crippen LogP contribution in [0.15, 0.2) is 36.5 Å². The van der Waals surface area contributed by atoms with Gasteiger partial charge >= 0.3 is 0 Å². The maximum Gasteiger partial charge on any atom is 0.256 e. The van der Waals surface area contributed by atoms with Gasteiger partial charge in [0.2, 0.25) is 0 Å². The number of hydrogen-bond acceptors (Lipinski definition) is 3. The number of para-hydroxylation sites is 1. The number of aliphatic hydroxyl groups excluding tert-OH is 1. The van der Waals surface area contributed by atoms with Gasteiger partial charge in [-0.15, -0.1) is 0 Å². The van der Waals surface area contributed by atoms with Gasteiger partial charge < -0.3 is 9.84 Å². The zero-order valence-electron chi connectivity index (χ0n) is 8.73. The monoisotopic (exact) mass is 253 g/mol. The maximum absolute atomic E-state index is 13.7. The summed E-state index contributed by atoms with van der Waals surface area (Å²) in [5.41, 5.74) is 0.127. The quantitative estimate of drug-likeness (QED) is 0.914. The minimum atomic E-state index is -0.685. The molecule has 2 rings (SSSR count). The van der Waals surface area contributed by atoms with Crippen LogP contribution in [0.5, 0.6) is 11.6 Å². The molecule has 0 saturated carbocycles. The lowest BCUT2D eigenvalue weighted by Gasteiger charge is -2.08. The average molecular weight is 254 g/mol. The first-order valence-electron chi connectivity index (χ1n) is 4.89. The van der Waals surface area contributed by atoms with E-state index < -0.39 is 12.4 Å². The summed E-state index contributed by atoms with van der Waals surface area (Å²) in [7, 11) is 0. The van der Waals surface area contributed by atoms with E-state index in [1.165, 1.54) is 12.3 Å². The molecule has 0 aliphatic rings. The Balaban J connectivity index is 2.34. The van der Waals surface area contributed by atoms with Crippen LogP contribution < -0.4 is 4.74 Å². The number of aromatic nitrogens is 1. The Labute approximate surface area is 102 Å². The van der Waals surface area contributed by atoms with Gasteiger partial charge in [-0.25, -0.2) is 9.37 Å². The van der Waals surface area contributed by atoms with Crippen molar-refractivity contribution in [2.24, 2.45) is 0 Å². The van der Waals surface area contributed by atoms with Crippen molar-refractivity contribution >= 4 is 11.6 Å². The van der Waals surface area contributed by atoms with Crippen molar-refractivity contribution in [3.8, 4) is 11.6 Å². The molecule has 17 heavy (non-hydrogen) atoms. The van der Waals surface area contributed by atoms with Crippen LogP contribution in [0, 0.1) is 5.82 Å². The lowest BCUT2D eigenvalue weighted by molar-refractivity contribution is 0.273. The fourth-order valence-corrected chi connectivity index (χ4v) is 1.46. The summed E-state index contributed by atoms with van der Waals surface area (Å²) in [4.78, 5) is 3.76. The molecule has 0 bridgehead atoms. The van der Waals surface area contributed by atoms with E-state index in [4.69, 9.17) is 21.4 Å². The number of benzene rings is 1. The Morgan fingerprint density at radius 1 is 1.29 bits per heavy atom. The van der Waals surface area contributed by atoms with Crippen LogP contribution >= 0.6 is 11.6 Å². The van der Waals surface area contributed by atoms with Gasteiger partial charge in [-0.05, 0) is 18.2 Å². The minimum absolute atomic E-state index is 0.127. The van der Waals surface area contributed by atoms with E-state index in [-0.39, 0.29) is 11.4 Å². The zero-order valence-corrected chi connectivity index (χ0v) is 9.49. The molecule has 2 aromatic rings. The molecular weight excluding hydrogens is 245 g/mol. The van der Waals surface area contributed by atoms with Crippen LogP contribution in [0.25, 0.3) is 0 Å². The smallest absolute Gasteiger partial charge is 0.256 e. The summed E-state index contributed by atoms with van der Waals surface area (Å²) in [6.45, 7) is -0.409. The molecule has 0 radical (unpaired) electrons. The second-order valence-corrected chi connectivity index (χ2v) is 3.69. The second-order valence-electron chi connectivity index (χ2n) is 3.28. The summed E-state index contributed by atoms with van der Waals surface area (Å²) >= 11 is 5.88. The molecule has 3 nitrogen and oxygen atoms in total. The third kappa shape index (κ3) is 2.54. The highest BCUT2D eigenvalue weighted by Gasteiger charge is 2.12. The standard InChI is InChI=1S/C12H9ClFNO2/c13-9-3-1-2-4-10(9)17-12-11(14)8(7-16)5-6-15-12/h1-6,16H,7H2. The Morgan fingerprint density at radius 3 is 2.76 bits per heavy atom. The van der Waals surface area contributed by atoms with Crippen LogP contribution in [0.3, 0.4) is 0 Å². The molecule has 0 saturated heterocycles. The first kappa shape index (κ1) is 11.8. The number of halogens is 2. The third-order valence-corrected chi connectivity index (χ3v) is 2.46. The van der Waals surface area contributed by atoms with Crippen molar-refractivity contribution in [3.63, 3.8) is 0 Å². The summed E-state index contributed by atoms with van der Waals surface area (Å²) in [6.07, 6.45) is 1.36. The SMILES string of the molecule is OCc1ccnc(Oc2ccccc2Cl)c1F. The summed E-state index contributed by atoms with van der Waals surface area (Å²) in [6, 6.07) is 8.08. The lowest BCUT2D eigenvalue weighted by Crippen LogP contribution is -1.97. The highest BCUT2D eigenvalue weighted by molar-refractivity contribution is 6.32. The van der Waals surface area contributed by atoms with E-state index in [1.807, 2.05) is 0 Å². The predicted octanol–water partition coefficient (Wildman–Crippen LogP) is 3.16. The first-order valence-corrected chi connectivity index (χ1v) is 5.27. The van der Waals surface area contributed by atoms with Crippen molar-refractivity contribution in [2.75, 3.05) is 0 Å². The van der Waals surface area contributed by atoms with Gasteiger partial charge in [0.05, 0.1) is 11.6 Å². The van der Waals surface area contributed by atoms with Gasteiger partial charge in [-0.2, -0.15) is 0 Å². The first-order chi connectivity index (χ1) is 8.22. The average Bonchev–Trinajstić information content (AvgIpc) is 2.34. The minimum Gasteiger partial charge on any atom is -0.435 e. The molecule has 0 atom stereocenters. The lowest BCUT2D eigenvalue weighted by atomic mass is 10.2. The van der Waals surface area contributed by atoms with Crippen LogP contribution in [0.2, 0.25) is 5.02 Å². The number of nitrogens with zero attached hydrogens (tertiary/aromatic N) is 1. The van der Waals surface area contributed by atoms with Gasteiger partial charge in [0, 0.05) is 11.8 Å². The summed E-state index contributed by atoms with van der Waals surface area (Å²) in [5.74, 6) is -0.574. The van der Waals surface area contributed by atoms with Gasteiger partial charge in [0.15, 0.2) is 5.82 Å². The van der Waals surface area contributed by atoms with E-state index in [9.17, 15) is 4.39 Å². The van der Waals surface area contributed by atoms with Crippen molar-refractivity contribution in [3.05, 3.63) is 52.9 Å². The highest BCUT2D eigenvalue weighted by atomic mass is 35.5. The van der Waals surface area contributed by atoms with Crippen molar-refractivity contribution in [1.82, 2.24) is 4.98 Å². The molecule has 1 N–H and O–H groups in total. The van der Waals surface area contributed by atoms with E-state index in [1.54, 1.807) is 24.3 Å². The molecule has 1 aromatic heterocycles. The Hall–Kier alpha value is -1.65. The summed E-state index contributed by atoms with van der Waals surface area (Å²) < 4.78 is 19.0. The Morgan fingerprint density at radius 2 is 2.06 bits per heavy atom. The maximum atomic E-state index is 13.7. The topological polar surface area (TPSA) is 42.4 Å². The van der Waals surface area contributed by atoms with Crippen LogP contribution in [0.1, 0.15) is 5.56 Å². The largest absolute Gasteiger partial charge is 0.435 e. The normalized spacial score (nSPS) is 10.3. The van der Waals surface area contributed by atoms with E-state index in [0.717, 1.165) is 0 Å². The molecule has 0 amide bonds. The third-order valence-electron chi connectivity index (χ3n) is 2.15. The van der Waals surface area contributed by atoms with Crippen molar-refractivity contribution < 1.29 is 14.2 Å². The molecule has 0 unspecified atom stereocenters. The second kappa shape index (κ2) is 5.12. The predicted molar refractivity (Wildman–Crippen MR) is 61.6 cm³/mol. The molecule has 0 aliphatic heterocycles. The number of ether oxygens (including phenoxy) is 1. The number of rotatable bonds is 3. The Bertz CT molecular complexity index is 534. The fraction of sp³-hybridized carbons (Fsp3) is 0.0833. The molecule has 1 aromatic carbocycles. The molecule has 1 heterocycles. The van der Waals surface area contributed by atoms with Gasteiger partial charge in [0.25, 0.3) is 5.88 Å². The zero-order chi connectivity index (χ0) is 12.3. The van der Waals surface area contributed by atoms with Crippen LogP contribution in [0.4, 0.5) is 4.39 Å². The van der Waals surface area contributed by atoms with Crippen LogP contribution in [-0.2, 0) is 6.61 Å². The van der Waals surface area contributed by atoms with Crippen molar-refractivity contribution in [1.29, 1.82) is 0 Å². The summed E-state index contributed by atoms with van der Waals surface area (Å²) in [5, 5.41) is 9.28. The van der Waals surface area contributed by atoms with Crippen LogP contribution in [-0.4, -0.2) is 10.1 Å². The molecule has 0 fully saturated rings. The molecule has 0 aliphatic carbocycles. The number of hydrogen-bond donors (Lipinski definition) is 1. The fourth-order valence-electron chi connectivity index (χ4n) is 1.29. The molecular formula is C12H9ClFNO2. The van der Waals surface area contributed by atoms with E-state index >= 15 is 0 Å². The van der Waals surface area contributed by atoms with Gasteiger partial charge in [-0.1, -0.05) is 23.7 Å². The Kier molecular flexibility index (Phi) is 3.56. The highest BCUT2D eigenvalue weighted by Crippen LogP contribution is 2.29. The molecule has 5 heteroatoms. The van der Waals surface area contributed by atoms with Gasteiger partial charge in [0.1, 0.15) is 5.75 Å². The van der Waals surface area contributed by atoms with Crippen molar-refractivity contribution in [2.45, 2.75) is 6.61 Å². The van der Waals surface area contributed by atoms with Gasteiger partial charge in [-0.3, -0.25) is 0 Å². The molecule has 0 spiro atoms. The number of pyridine rings is 1. The number of aliphatic hydroxyl groups is 1. The molecule has 88 valence electrons.